The Hall–Kier alpha value is -4.82. The molecule has 0 spiro atoms. The van der Waals surface area contributed by atoms with Gasteiger partial charge >= 0.3 is 0 Å². The Bertz CT molecular complexity index is 2260. The largest absolute Gasteiger partial charge is 0.456 e. The monoisotopic (exact) mass is 613 g/mol. The van der Waals surface area contributed by atoms with E-state index in [1.54, 1.807) is 0 Å². The van der Waals surface area contributed by atoms with Crippen LogP contribution in [0, 0.1) is 0 Å². The van der Waals surface area contributed by atoms with Crippen LogP contribution in [0.5, 0.6) is 0 Å². The summed E-state index contributed by atoms with van der Waals surface area (Å²) in [6.07, 6.45) is 0. The van der Waals surface area contributed by atoms with Crippen LogP contribution in [0.25, 0.3) is 43.8 Å². The summed E-state index contributed by atoms with van der Waals surface area (Å²) in [4.78, 5) is 2.46. The molecule has 0 unspecified atom stereocenters. The molecule has 1 aromatic heterocycles. The van der Waals surface area contributed by atoms with Crippen molar-refractivity contribution in [2.24, 2.45) is 0 Å². The summed E-state index contributed by atoms with van der Waals surface area (Å²) in [5.41, 5.74) is 13.3. The number of hydrogen-bond donors (Lipinski definition) is 0. The highest BCUT2D eigenvalue weighted by atomic mass is 16.3. The number of para-hydroxylation sites is 1. The van der Waals surface area contributed by atoms with E-state index in [4.69, 9.17) is 4.42 Å². The number of fused-ring (bicyclic) bond motifs is 8. The average molecular weight is 614 g/mol. The van der Waals surface area contributed by atoms with Crippen LogP contribution in [0.15, 0.2) is 120 Å². The molecule has 0 saturated carbocycles. The van der Waals surface area contributed by atoms with E-state index in [9.17, 15) is 0 Å². The standard InChI is InChI=1S/C45H43NO/c1-43(2,3)28-17-21-30(22-18-28)46(31-23-19-29(20-24-31)44(4,5)6)39-27-38-42(34-15-10-9-13-32(34)39)36-26-41-35(25-37(36)45(38,7)8)33-14-11-12-16-40(33)47-41/h9-27H,1-8H3. The summed E-state index contributed by atoms with van der Waals surface area (Å²) in [6.45, 7) is 18.4. The van der Waals surface area contributed by atoms with E-state index in [-0.39, 0.29) is 16.2 Å². The number of furan rings is 1. The quantitative estimate of drug-likeness (QED) is 0.197. The second-order valence-electron chi connectivity index (χ2n) is 15.9. The number of nitrogens with zero attached hydrogens (tertiary/aromatic N) is 1. The molecular weight excluding hydrogens is 571 g/mol. The lowest BCUT2D eigenvalue weighted by Gasteiger charge is -2.31. The van der Waals surface area contributed by atoms with Gasteiger partial charge in [-0.05, 0) is 98.1 Å². The van der Waals surface area contributed by atoms with Gasteiger partial charge in [0.1, 0.15) is 11.2 Å². The van der Waals surface area contributed by atoms with Crippen molar-refractivity contribution in [2.75, 3.05) is 4.90 Å². The van der Waals surface area contributed by atoms with E-state index >= 15 is 0 Å². The van der Waals surface area contributed by atoms with Gasteiger partial charge in [0.15, 0.2) is 0 Å². The summed E-state index contributed by atoms with van der Waals surface area (Å²) < 4.78 is 6.41. The third-order valence-corrected chi connectivity index (χ3v) is 10.4. The van der Waals surface area contributed by atoms with Gasteiger partial charge in [0.2, 0.25) is 0 Å². The minimum absolute atomic E-state index is 0.0816. The Morgan fingerprint density at radius 1 is 0.511 bits per heavy atom. The Kier molecular flexibility index (Phi) is 6.35. The molecule has 0 fully saturated rings. The lowest BCUT2D eigenvalue weighted by Crippen LogP contribution is -2.17. The Labute approximate surface area is 278 Å². The van der Waals surface area contributed by atoms with Crippen LogP contribution in [0.3, 0.4) is 0 Å². The molecule has 1 aliphatic carbocycles. The molecule has 6 aromatic carbocycles. The van der Waals surface area contributed by atoms with Crippen LogP contribution >= 0.6 is 0 Å². The van der Waals surface area contributed by atoms with E-state index in [1.807, 2.05) is 6.07 Å². The predicted octanol–water partition coefficient (Wildman–Crippen LogP) is 13.1. The molecule has 0 aliphatic heterocycles. The van der Waals surface area contributed by atoms with Crippen molar-refractivity contribution >= 4 is 49.8 Å². The van der Waals surface area contributed by atoms with Crippen LogP contribution in [0.2, 0.25) is 0 Å². The van der Waals surface area contributed by atoms with Crippen molar-refractivity contribution < 1.29 is 4.42 Å². The van der Waals surface area contributed by atoms with Gasteiger partial charge in [0, 0.05) is 32.9 Å². The maximum atomic E-state index is 6.41. The third-order valence-electron chi connectivity index (χ3n) is 10.4. The van der Waals surface area contributed by atoms with Crippen molar-refractivity contribution in [2.45, 2.75) is 71.6 Å². The summed E-state index contributed by atoms with van der Waals surface area (Å²) in [5.74, 6) is 0. The van der Waals surface area contributed by atoms with Crippen LogP contribution in [0.1, 0.15) is 77.6 Å². The molecule has 8 rings (SSSR count). The second kappa shape index (κ2) is 10.1. The van der Waals surface area contributed by atoms with Crippen molar-refractivity contribution in [1.82, 2.24) is 0 Å². The van der Waals surface area contributed by atoms with Crippen LogP contribution in [0.4, 0.5) is 17.1 Å². The van der Waals surface area contributed by atoms with Gasteiger partial charge in [-0.25, -0.2) is 0 Å². The van der Waals surface area contributed by atoms with Gasteiger partial charge < -0.3 is 9.32 Å². The van der Waals surface area contributed by atoms with Crippen molar-refractivity contribution in [3.63, 3.8) is 0 Å². The van der Waals surface area contributed by atoms with Gasteiger partial charge in [0.25, 0.3) is 0 Å². The molecule has 7 aromatic rings. The van der Waals surface area contributed by atoms with Gasteiger partial charge in [-0.3, -0.25) is 0 Å². The fraction of sp³-hybridized carbons (Fsp3) is 0.244. The van der Waals surface area contributed by atoms with E-state index in [2.05, 4.69) is 169 Å². The van der Waals surface area contributed by atoms with Gasteiger partial charge in [-0.1, -0.05) is 122 Å². The molecule has 47 heavy (non-hydrogen) atoms. The SMILES string of the molecule is CC(C)(C)c1ccc(N(c2ccc(C(C)(C)C)cc2)c2cc3c(c4ccccc24)-c2cc4oc5ccccc5c4cc2C3(C)C)cc1. The Balaban J connectivity index is 1.39. The highest BCUT2D eigenvalue weighted by Gasteiger charge is 2.39. The fourth-order valence-corrected chi connectivity index (χ4v) is 7.61. The molecule has 0 saturated heterocycles. The lowest BCUT2D eigenvalue weighted by atomic mass is 9.81. The molecule has 1 heterocycles. The normalized spacial score (nSPS) is 14.1. The molecule has 0 N–H and O–H groups in total. The predicted molar refractivity (Wildman–Crippen MR) is 201 cm³/mol. The van der Waals surface area contributed by atoms with E-state index in [1.165, 1.54) is 60.6 Å². The number of benzene rings is 6. The van der Waals surface area contributed by atoms with Crippen LogP contribution in [-0.2, 0) is 16.2 Å². The first-order valence-corrected chi connectivity index (χ1v) is 16.9. The van der Waals surface area contributed by atoms with Crippen LogP contribution < -0.4 is 4.90 Å². The first-order chi connectivity index (χ1) is 22.3. The number of hydrogen-bond acceptors (Lipinski definition) is 2. The first kappa shape index (κ1) is 29.6. The Morgan fingerprint density at radius 3 is 1.62 bits per heavy atom. The van der Waals surface area contributed by atoms with E-state index < -0.39 is 0 Å². The molecule has 0 amide bonds. The number of anilines is 3. The zero-order valence-electron chi connectivity index (χ0n) is 28.8. The second-order valence-corrected chi connectivity index (χ2v) is 15.9. The molecule has 234 valence electrons. The average Bonchev–Trinajstić information content (AvgIpc) is 3.51. The molecule has 2 nitrogen and oxygen atoms in total. The first-order valence-electron chi connectivity index (χ1n) is 16.9. The minimum atomic E-state index is -0.201. The van der Waals surface area contributed by atoms with E-state index in [0.29, 0.717) is 0 Å². The third kappa shape index (κ3) is 4.60. The number of rotatable bonds is 3. The molecule has 0 radical (unpaired) electrons. The van der Waals surface area contributed by atoms with Crippen molar-refractivity contribution in [3.8, 4) is 11.1 Å². The zero-order chi connectivity index (χ0) is 32.9. The smallest absolute Gasteiger partial charge is 0.136 e. The highest BCUT2D eigenvalue weighted by molar-refractivity contribution is 6.13. The van der Waals surface area contributed by atoms with Crippen molar-refractivity contribution in [1.29, 1.82) is 0 Å². The maximum Gasteiger partial charge on any atom is 0.136 e. The molecule has 1 aliphatic rings. The summed E-state index contributed by atoms with van der Waals surface area (Å²) >= 11 is 0. The molecular formula is C45H43NO. The highest BCUT2D eigenvalue weighted by Crippen LogP contribution is 2.56. The molecule has 0 bridgehead atoms. The van der Waals surface area contributed by atoms with Gasteiger partial charge in [-0.15, -0.1) is 0 Å². The molecule has 2 heteroatoms. The Morgan fingerprint density at radius 2 is 1.04 bits per heavy atom. The topological polar surface area (TPSA) is 16.4 Å². The summed E-state index contributed by atoms with van der Waals surface area (Å²) in [6, 6.07) is 42.8. The van der Waals surface area contributed by atoms with Gasteiger partial charge in [-0.2, -0.15) is 0 Å². The fourth-order valence-electron chi connectivity index (χ4n) is 7.61. The van der Waals surface area contributed by atoms with Crippen molar-refractivity contribution in [3.05, 3.63) is 138 Å². The molecule has 0 atom stereocenters. The minimum Gasteiger partial charge on any atom is -0.456 e. The maximum absolute atomic E-state index is 6.41. The summed E-state index contributed by atoms with van der Waals surface area (Å²) in [5, 5.41) is 4.86. The van der Waals surface area contributed by atoms with Gasteiger partial charge in [0.05, 0.1) is 5.69 Å². The van der Waals surface area contributed by atoms with E-state index in [0.717, 1.165) is 22.5 Å². The lowest BCUT2D eigenvalue weighted by molar-refractivity contribution is 0.590. The summed E-state index contributed by atoms with van der Waals surface area (Å²) in [7, 11) is 0. The van der Waals surface area contributed by atoms with Crippen LogP contribution in [-0.4, -0.2) is 0 Å². The zero-order valence-corrected chi connectivity index (χ0v) is 28.8.